The molecule has 0 spiro atoms. The van der Waals surface area contributed by atoms with Crippen LogP contribution in [0.15, 0.2) is 67.3 Å². The van der Waals surface area contributed by atoms with Crippen LogP contribution in [0.25, 0.3) is 5.65 Å². The van der Waals surface area contributed by atoms with Crippen LogP contribution in [0, 0.1) is 0 Å². The van der Waals surface area contributed by atoms with Crippen LogP contribution in [-0.2, 0) is 11.3 Å². The van der Waals surface area contributed by atoms with Crippen molar-refractivity contribution in [1.82, 2.24) is 19.2 Å². The Morgan fingerprint density at radius 1 is 1.13 bits per heavy atom. The van der Waals surface area contributed by atoms with E-state index in [1.54, 1.807) is 24.0 Å². The molecule has 0 aliphatic heterocycles. The standard InChI is InChI=1S/C23H25N5O2/c1-16(2)18-7-6-8-21(11-18)30-17(3)23(29)26-19-12-24-28(14-19)15-20-13-27-10-5-4-9-22(27)25-20/h4-14,16-17H,15H2,1-3H3,(H,26,29). The summed E-state index contributed by atoms with van der Waals surface area (Å²) >= 11 is 0. The molecule has 30 heavy (non-hydrogen) atoms. The van der Waals surface area contributed by atoms with E-state index in [-0.39, 0.29) is 5.91 Å². The van der Waals surface area contributed by atoms with Crippen molar-refractivity contribution in [3.63, 3.8) is 0 Å². The van der Waals surface area contributed by atoms with E-state index < -0.39 is 6.10 Å². The Balaban J connectivity index is 1.36. The number of amides is 1. The molecule has 7 heteroatoms. The molecule has 0 radical (unpaired) electrons. The molecule has 0 aliphatic carbocycles. The van der Waals surface area contributed by atoms with Gasteiger partial charge in [-0.1, -0.05) is 32.0 Å². The van der Waals surface area contributed by atoms with E-state index >= 15 is 0 Å². The van der Waals surface area contributed by atoms with Crippen molar-refractivity contribution >= 4 is 17.2 Å². The van der Waals surface area contributed by atoms with Gasteiger partial charge in [0.15, 0.2) is 6.10 Å². The zero-order valence-electron chi connectivity index (χ0n) is 17.3. The third-order valence-corrected chi connectivity index (χ3v) is 4.85. The number of anilines is 1. The molecule has 1 aromatic carbocycles. The zero-order chi connectivity index (χ0) is 21.1. The fourth-order valence-corrected chi connectivity index (χ4v) is 3.19. The Labute approximate surface area is 175 Å². The van der Waals surface area contributed by atoms with Crippen LogP contribution in [-0.4, -0.2) is 31.2 Å². The minimum absolute atomic E-state index is 0.225. The molecule has 3 heterocycles. The normalized spacial score (nSPS) is 12.3. The maximum atomic E-state index is 12.5. The monoisotopic (exact) mass is 403 g/mol. The number of aromatic nitrogens is 4. The summed E-state index contributed by atoms with van der Waals surface area (Å²) in [6.07, 6.45) is 6.71. The van der Waals surface area contributed by atoms with Gasteiger partial charge in [-0.05, 0) is 42.7 Å². The second-order valence-electron chi connectivity index (χ2n) is 7.60. The summed E-state index contributed by atoms with van der Waals surface area (Å²) in [5.41, 5.74) is 3.58. The lowest BCUT2D eigenvalue weighted by molar-refractivity contribution is -0.122. The number of ether oxygens (including phenoxy) is 1. The van der Waals surface area contributed by atoms with Gasteiger partial charge in [-0.25, -0.2) is 4.98 Å². The Morgan fingerprint density at radius 2 is 2.00 bits per heavy atom. The molecule has 154 valence electrons. The lowest BCUT2D eigenvalue weighted by Crippen LogP contribution is -2.30. The molecule has 3 aromatic heterocycles. The van der Waals surface area contributed by atoms with Gasteiger partial charge in [-0.15, -0.1) is 0 Å². The molecule has 0 aliphatic rings. The van der Waals surface area contributed by atoms with E-state index in [1.165, 1.54) is 5.56 Å². The average molecular weight is 403 g/mol. The number of fused-ring (bicyclic) bond motifs is 1. The number of rotatable bonds is 7. The lowest BCUT2D eigenvalue weighted by atomic mass is 10.0. The van der Waals surface area contributed by atoms with Crippen molar-refractivity contribution in [1.29, 1.82) is 0 Å². The van der Waals surface area contributed by atoms with Crippen LogP contribution in [0.2, 0.25) is 0 Å². The van der Waals surface area contributed by atoms with Gasteiger partial charge < -0.3 is 14.5 Å². The fraction of sp³-hybridized carbons (Fsp3) is 0.261. The first kappa shape index (κ1) is 19.7. The molecular weight excluding hydrogens is 378 g/mol. The Morgan fingerprint density at radius 3 is 2.80 bits per heavy atom. The van der Waals surface area contributed by atoms with Crippen LogP contribution in [0.1, 0.15) is 37.9 Å². The van der Waals surface area contributed by atoms with E-state index in [0.717, 1.165) is 11.3 Å². The number of imidazole rings is 1. The Kier molecular flexibility index (Phi) is 5.52. The maximum absolute atomic E-state index is 12.5. The van der Waals surface area contributed by atoms with Crippen molar-refractivity contribution in [3.05, 3.63) is 78.5 Å². The summed E-state index contributed by atoms with van der Waals surface area (Å²) < 4.78 is 9.54. The van der Waals surface area contributed by atoms with Gasteiger partial charge in [0.1, 0.15) is 11.4 Å². The molecule has 1 N–H and O–H groups in total. The predicted molar refractivity (Wildman–Crippen MR) is 116 cm³/mol. The van der Waals surface area contributed by atoms with Crippen LogP contribution in [0.3, 0.4) is 0 Å². The van der Waals surface area contributed by atoms with Crippen LogP contribution >= 0.6 is 0 Å². The van der Waals surface area contributed by atoms with E-state index in [9.17, 15) is 4.79 Å². The first-order valence-corrected chi connectivity index (χ1v) is 10.0. The van der Waals surface area contributed by atoms with Crippen molar-refractivity contribution in [3.8, 4) is 5.75 Å². The molecule has 7 nitrogen and oxygen atoms in total. The van der Waals surface area contributed by atoms with E-state index in [4.69, 9.17) is 4.74 Å². The summed E-state index contributed by atoms with van der Waals surface area (Å²) in [6, 6.07) is 13.7. The second-order valence-corrected chi connectivity index (χ2v) is 7.60. The number of hydrogen-bond donors (Lipinski definition) is 1. The highest BCUT2D eigenvalue weighted by Crippen LogP contribution is 2.21. The quantitative estimate of drug-likeness (QED) is 0.504. The minimum atomic E-state index is -0.630. The molecule has 0 bridgehead atoms. The summed E-state index contributed by atoms with van der Waals surface area (Å²) in [5.74, 6) is 0.861. The van der Waals surface area contributed by atoms with Gasteiger partial charge in [0.2, 0.25) is 0 Å². The van der Waals surface area contributed by atoms with Crippen molar-refractivity contribution < 1.29 is 9.53 Å². The zero-order valence-corrected chi connectivity index (χ0v) is 17.3. The van der Waals surface area contributed by atoms with Crippen molar-refractivity contribution in [2.75, 3.05) is 5.32 Å². The molecule has 1 amide bonds. The molecule has 4 aromatic rings. The molecule has 0 fully saturated rings. The highest BCUT2D eigenvalue weighted by molar-refractivity contribution is 5.93. The van der Waals surface area contributed by atoms with E-state index in [0.29, 0.717) is 23.9 Å². The van der Waals surface area contributed by atoms with Crippen molar-refractivity contribution in [2.45, 2.75) is 39.3 Å². The predicted octanol–water partition coefficient (Wildman–Crippen LogP) is 4.11. The SMILES string of the molecule is CC(Oc1cccc(C(C)C)c1)C(=O)Nc1cnn(Cc2cn3ccccc3n2)c1. The number of benzene rings is 1. The smallest absolute Gasteiger partial charge is 0.265 e. The maximum Gasteiger partial charge on any atom is 0.265 e. The highest BCUT2D eigenvalue weighted by atomic mass is 16.5. The van der Waals surface area contributed by atoms with Crippen LogP contribution < -0.4 is 10.1 Å². The summed E-state index contributed by atoms with van der Waals surface area (Å²) in [7, 11) is 0. The number of hydrogen-bond acceptors (Lipinski definition) is 4. The van der Waals surface area contributed by atoms with Gasteiger partial charge in [0.25, 0.3) is 5.91 Å². The number of carbonyl (C=O) groups is 1. The topological polar surface area (TPSA) is 73.5 Å². The molecule has 1 atom stereocenters. The Hall–Kier alpha value is -3.61. The van der Waals surface area contributed by atoms with Crippen molar-refractivity contribution in [2.24, 2.45) is 0 Å². The summed E-state index contributed by atoms with van der Waals surface area (Å²) in [6.45, 7) is 6.50. The third kappa shape index (κ3) is 4.51. The first-order valence-electron chi connectivity index (χ1n) is 10.0. The van der Waals surface area contributed by atoms with Gasteiger partial charge in [0.05, 0.1) is 24.1 Å². The van der Waals surface area contributed by atoms with Gasteiger partial charge in [0, 0.05) is 18.6 Å². The largest absolute Gasteiger partial charge is 0.481 e. The molecule has 0 saturated heterocycles. The highest BCUT2D eigenvalue weighted by Gasteiger charge is 2.16. The van der Waals surface area contributed by atoms with Gasteiger partial charge in [-0.2, -0.15) is 5.10 Å². The third-order valence-electron chi connectivity index (χ3n) is 4.85. The number of nitrogens with zero attached hydrogens (tertiary/aromatic N) is 4. The Bertz CT molecular complexity index is 1130. The van der Waals surface area contributed by atoms with Crippen LogP contribution in [0.4, 0.5) is 5.69 Å². The number of carbonyl (C=O) groups excluding carboxylic acids is 1. The summed E-state index contributed by atoms with van der Waals surface area (Å²) in [5, 5.41) is 7.18. The molecular formula is C23H25N5O2. The van der Waals surface area contributed by atoms with E-state index in [2.05, 4.69) is 35.3 Å². The van der Waals surface area contributed by atoms with Gasteiger partial charge in [-0.3, -0.25) is 9.48 Å². The fourth-order valence-electron chi connectivity index (χ4n) is 3.19. The molecule has 4 rings (SSSR count). The summed E-state index contributed by atoms with van der Waals surface area (Å²) in [4.78, 5) is 17.1. The number of pyridine rings is 1. The first-order chi connectivity index (χ1) is 14.5. The van der Waals surface area contributed by atoms with E-state index in [1.807, 2.05) is 53.2 Å². The minimum Gasteiger partial charge on any atom is -0.481 e. The second kappa shape index (κ2) is 8.41. The molecule has 0 saturated carbocycles. The van der Waals surface area contributed by atoms with Gasteiger partial charge >= 0.3 is 0 Å². The molecule has 1 unspecified atom stereocenters. The van der Waals surface area contributed by atoms with Crippen LogP contribution in [0.5, 0.6) is 5.75 Å². The number of nitrogens with one attached hydrogen (secondary N) is 1. The lowest BCUT2D eigenvalue weighted by Gasteiger charge is -2.15. The average Bonchev–Trinajstić information content (AvgIpc) is 3.34.